The molecule has 2 atom stereocenters. The molecule has 0 amide bonds. The van der Waals surface area contributed by atoms with Gasteiger partial charge in [0.15, 0.2) is 0 Å². The van der Waals surface area contributed by atoms with Crippen LogP contribution in [0.3, 0.4) is 0 Å². The van der Waals surface area contributed by atoms with Gasteiger partial charge in [0, 0.05) is 37.3 Å². The lowest BCUT2D eigenvalue weighted by Crippen LogP contribution is -2.36. The molecular weight excluding hydrogens is 1080 g/mol. The van der Waals surface area contributed by atoms with Gasteiger partial charge in [0.05, 0.1) is 82.4 Å². The van der Waals surface area contributed by atoms with Gasteiger partial charge in [-0.3, -0.25) is 9.59 Å². The summed E-state index contributed by atoms with van der Waals surface area (Å²) in [6.45, 7) is 13.4. The van der Waals surface area contributed by atoms with E-state index in [1.807, 2.05) is 81.4 Å². The number of hydroxylamine groups is 4. The molecule has 2 aromatic heterocycles. The van der Waals surface area contributed by atoms with Crippen LogP contribution in [-0.2, 0) is 53.0 Å². The van der Waals surface area contributed by atoms with E-state index in [1.54, 1.807) is 58.7 Å². The Bertz CT molecular complexity index is 3670. The molecule has 6 aromatic carbocycles. The van der Waals surface area contributed by atoms with Gasteiger partial charge in [0.2, 0.25) is 22.2 Å². The van der Waals surface area contributed by atoms with Gasteiger partial charge >= 0.3 is 0 Å². The van der Waals surface area contributed by atoms with Crippen molar-refractivity contribution in [1.29, 1.82) is 0 Å². The van der Waals surface area contributed by atoms with Crippen LogP contribution >= 0.6 is 0 Å². The summed E-state index contributed by atoms with van der Waals surface area (Å²) in [5, 5.41) is 4.32. The maximum absolute atomic E-state index is 13.4. The summed E-state index contributed by atoms with van der Waals surface area (Å²) >= 11 is -3.52. The molecular formula is C64H70N6O10S2. The Morgan fingerprint density at radius 1 is 0.585 bits per heavy atom. The van der Waals surface area contributed by atoms with Crippen molar-refractivity contribution in [3.63, 3.8) is 0 Å². The Morgan fingerprint density at radius 2 is 1.06 bits per heavy atom. The molecule has 10 rings (SSSR count). The van der Waals surface area contributed by atoms with Crippen LogP contribution in [0.15, 0.2) is 165 Å². The topological polar surface area (TPSA) is 187 Å². The van der Waals surface area contributed by atoms with Gasteiger partial charge in [0.1, 0.15) is 23.1 Å². The molecule has 18 heteroatoms. The molecule has 4 heterocycles. The summed E-state index contributed by atoms with van der Waals surface area (Å²) in [7, 11) is 0. The van der Waals surface area contributed by atoms with Crippen LogP contribution in [0.25, 0.3) is 55.7 Å². The van der Waals surface area contributed by atoms with E-state index < -0.39 is 22.2 Å². The first-order chi connectivity index (χ1) is 40.1. The SMILES string of the molecule is CCCOc1ccc(S(=O)ON2CCOCC2)cc1-c1nc2c(/C(=C\Cc3ccccc3)CC)cccc2c(=O)[nH]1.CCCOc1ccc(S(=O)ON2CCOCC2)cc1-c1nc2c(/C(C)=C\CCc3ccccc3)cccc2c(=O)[nH]1. The molecule has 2 aliphatic rings. The highest BCUT2D eigenvalue weighted by molar-refractivity contribution is 7.80. The molecule has 428 valence electrons. The predicted octanol–water partition coefficient (Wildman–Crippen LogP) is 11.4. The first kappa shape index (κ1) is 59.4. The zero-order chi connectivity index (χ0) is 57.2. The van der Waals surface area contributed by atoms with Gasteiger partial charge in [-0.25, -0.2) is 18.4 Å². The number of fused-ring (bicyclic) bond motifs is 2. The van der Waals surface area contributed by atoms with E-state index in [-0.39, 0.29) is 11.1 Å². The van der Waals surface area contributed by atoms with Crippen LogP contribution in [0.1, 0.15) is 75.6 Å². The van der Waals surface area contributed by atoms with Crippen molar-refractivity contribution in [3.05, 3.63) is 189 Å². The standard InChI is InChI=1S/2C32H35N3O5S/c1-3-19-39-29-16-15-25(41(37)40-35-17-20-38-21-18-35)22-28(29)31-33-30-26(13-8-14-27(30)32(36)34-31)23(2)9-7-12-24-10-5-4-6-11-24;1-3-19-39-29-16-15-25(41(37)40-35-17-20-38-21-18-35)22-28(29)31-33-30-26(11-8-12-27(30)32(36)34-31)24(4-2)14-13-23-9-6-5-7-10-23/h4-6,8-11,13-16,22H,3,7,12,17-21H2,1-2H3,(H,33,34,36);5-12,14-16,22H,3-4,13,17-21H2,1-2H3,(H,33,34,36)/b23-9-;24-14-. The number of benzene rings is 6. The van der Waals surface area contributed by atoms with Gasteiger partial charge in [-0.1, -0.05) is 118 Å². The number of para-hydroxylation sites is 2. The van der Waals surface area contributed by atoms with Crippen molar-refractivity contribution in [2.24, 2.45) is 0 Å². The van der Waals surface area contributed by atoms with Crippen LogP contribution in [-0.4, -0.2) is 104 Å². The number of morpholine rings is 2. The molecule has 0 radical (unpaired) electrons. The lowest BCUT2D eigenvalue weighted by molar-refractivity contribution is -0.109. The number of hydrogen-bond acceptors (Lipinski definition) is 14. The lowest BCUT2D eigenvalue weighted by Gasteiger charge is -2.24. The molecule has 0 bridgehead atoms. The van der Waals surface area contributed by atoms with E-state index in [0.29, 0.717) is 132 Å². The molecule has 82 heavy (non-hydrogen) atoms. The molecule has 8 aromatic rings. The second-order valence-electron chi connectivity index (χ2n) is 19.6. The number of aromatic nitrogens is 4. The first-order valence-corrected chi connectivity index (χ1v) is 30.2. The molecule has 0 aliphatic carbocycles. The minimum absolute atomic E-state index is 0.247. The summed E-state index contributed by atoms with van der Waals surface area (Å²) in [6.07, 6.45) is 9.38. The van der Waals surface area contributed by atoms with Gasteiger partial charge in [-0.2, -0.15) is 18.7 Å². The Balaban J connectivity index is 0.000000198. The van der Waals surface area contributed by atoms with Crippen LogP contribution in [0.4, 0.5) is 0 Å². The zero-order valence-electron chi connectivity index (χ0n) is 46.9. The number of aryl methyl sites for hydroxylation is 1. The van der Waals surface area contributed by atoms with Gasteiger partial charge in [0.25, 0.3) is 11.1 Å². The number of allylic oxidation sites excluding steroid dienone is 4. The Kier molecular flexibility index (Phi) is 21.5. The molecule has 2 saturated heterocycles. The average molecular weight is 1150 g/mol. The number of nitrogens with zero attached hydrogens (tertiary/aromatic N) is 4. The van der Waals surface area contributed by atoms with Crippen molar-refractivity contribution in [2.45, 2.75) is 76.0 Å². The second-order valence-corrected chi connectivity index (χ2v) is 21.8. The monoisotopic (exact) mass is 1150 g/mol. The Labute approximate surface area is 483 Å². The van der Waals surface area contributed by atoms with E-state index in [2.05, 4.69) is 53.3 Å². The molecule has 2 fully saturated rings. The minimum atomic E-state index is -1.76. The number of H-pyrrole nitrogens is 2. The molecule has 0 saturated carbocycles. The fourth-order valence-corrected chi connectivity index (χ4v) is 11.1. The summed E-state index contributed by atoms with van der Waals surface area (Å²) in [4.78, 5) is 43.3. The van der Waals surface area contributed by atoms with E-state index in [9.17, 15) is 18.0 Å². The van der Waals surface area contributed by atoms with Crippen molar-refractivity contribution < 1.29 is 35.9 Å². The number of rotatable bonds is 22. The Hall–Kier alpha value is -7.26. The van der Waals surface area contributed by atoms with E-state index in [4.69, 9.17) is 37.5 Å². The highest BCUT2D eigenvalue weighted by atomic mass is 32.2. The molecule has 0 spiro atoms. The van der Waals surface area contributed by atoms with Crippen molar-refractivity contribution in [3.8, 4) is 34.3 Å². The fraction of sp³-hybridized carbons (Fsp3) is 0.312. The fourth-order valence-electron chi connectivity index (χ4n) is 9.46. The summed E-state index contributed by atoms with van der Waals surface area (Å²) in [5.41, 5.74) is 8.30. The smallest absolute Gasteiger partial charge is 0.259 e. The predicted molar refractivity (Wildman–Crippen MR) is 324 cm³/mol. The first-order valence-electron chi connectivity index (χ1n) is 28.0. The van der Waals surface area contributed by atoms with Crippen LogP contribution < -0.4 is 20.6 Å². The lowest BCUT2D eigenvalue weighted by atomic mass is 9.98. The van der Waals surface area contributed by atoms with Gasteiger partial charge < -0.3 is 28.9 Å². The zero-order valence-corrected chi connectivity index (χ0v) is 48.5. The largest absolute Gasteiger partial charge is 0.493 e. The molecule has 2 N–H and O–H groups in total. The van der Waals surface area contributed by atoms with Crippen LogP contribution in [0.2, 0.25) is 0 Å². The maximum atomic E-state index is 13.4. The third kappa shape index (κ3) is 15.4. The van der Waals surface area contributed by atoms with E-state index in [1.165, 1.54) is 11.1 Å². The van der Waals surface area contributed by atoms with Crippen molar-refractivity contribution in [2.75, 3.05) is 65.8 Å². The van der Waals surface area contributed by atoms with Gasteiger partial charge in [-0.05, 0) is 116 Å². The molecule has 2 aliphatic heterocycles. The number of ether oxygens (including phenoxy) is 4. The maximum Gasteiger partial charge on any atom is 0.259 e. The third-order valence-electron chi connectivity index (χ3n) is 13.8. The number of hydrogen-bond donors (Lipinski definition) is 2. The number of aromatic amines is 2. The molecule has 16 nitrogen and oxygen atoms in total. The Morgan fingerprint density at radius 3 is 1.55 bits per heavy atom. The second kappa shape index (κ2) is 29.6. The summed E-state index contributed by atoms with van der Waals surface area (Å²) in [5.74, 6) is 1.80. The normalized spacial score (nSPS) is 15.2. The summed E-state index contributed by atoms with van der Waals surface area (Å²) in [6, 6.07) is 42.4. The molecule has 2 unspecified atom stereocenters. The minimum Gasteiger partial charge on any atom is -0.493 e. The van der Waals surface area contributed by atoms with E-state index in [0.717, 1.165) is 60.8 Å². The number of nitrogens with one attached hydrogen (secondary N) is 2. The van der Waals surface area contributed by atoms with Crippen molar-refractivity contribution >= 4 is 55.1 Å². The van der Waals surface area contributed by atoms with Crippen LogP contribution in [0, 0.1) is 0 Å². The van der Waals surface area contributed by atoms with Crippen LogP contribution in [0.5, 0.6) is 11.5 Å². The highest BCUT2D eigenvalue weighted by Crippen LogP contribution is 2.35. The van der Waals surface area contributed by atoms with Gasteiger partial charge in [-0.15, -0.1) is 0 Å². The van der Waals surface area contributed by atoms with E-state index >= 15 is 0 Å². The highest BCUT2D eigenvalue weighted by Gasteiger charge is 2.23. The third-order valence-corrected chi connectivity index (χ3v) is 15.8. The van der Waals surface area contributed by atoms with Crippen molar-refractivity contribution in [1.82, 2.24) is 30.1 Å². The quantitative estimate of drug-likeness (QED) is 0.0652. The average Bonchev–Trinajstić information content (AvgIpc) is 3.53. The summed E-state index contributed by atoms with van der Waals surface area (Å²) < 4.78 is 60.4.